The molecule has 9 nitrogen and oxygen atoms in total. The molecule has 0 unspecified atom stereocenters. The fraction of sp³-hybridized carbons (Fsp3) is 0.375. The Labute approximate surface area is 192 Å². The Morgan fingerprint density at radius 1 is 1.03 bits per heavy atom. The van der Waals surface area contributed by atoms with E-state index in [1.807, 2.05) is 17.0 Å². The van der Waals surface area contributed by atoms with Crippen molar-refractivity contribution in [3.63, 3.8) is 0 Å². The standard InChI is InChI=1S/C24H27N3O6/c1-29-18-9-5-7-15(11-18)24(28)27-10-6-8-16(14-27)23-25-22(26-33-23)17-12-19(30-2)21(32-4)20(13-17)31-3/h5,7,9,11-13,16H,6,8,10,14H2,1-4H3/t16-/m1/s1. The molecule has 0 aliphatic carbocycles. The molecule has 1 aliphatic rings. The van der Waals surface area contributed by atoms with Crippen molar-refractivity contribution in [1.82, 2.24) is 15.0 Å². The summed E-state index contributed by atoms with van der Waals surface area (Å²) in [6, 6.07) is 10.7. The Hall–Kier alpha value is -3.75. The lowest BCUT2D eigenvalue weighted by Gasteiger charge is -2.31. The first-order chi connectivity index (χ1) is 16.1. The molecule has 0 bridgehead atoms. The summed E-state index contributed by atoms with van der Waals surface area (Å²) in [4.78, 5) is 19.5. The van der Waals surface area contributed by atoms with E-state index in [0.29, 0.717) is 58.9 Å². The highest BCUT2D eigenvalue weighted by Gasteiger charge is 2.29. The van der Waals surface area contributed by atoms with Crippen LogP contribution in [0, 0.1) is 0 Å². The molecule has 1 aromatic heterocycles. The van der Waals surface area contributed by atoms with E-state index in [0.717, 1.165) is 12.8 Å². The van der Waals surface area contributed by atoms with Crippen molar-refractivity contribution in [2.45, 2.75) is 18.8 Å². The van der Waals surface area contributed by atoms with Crippen molar-refractivity contribution in [2.24, 2.45) is 0 Å². The van der Waals surface area contributed by atoms with Crippen LogP contribution in [0.1, 0.15) is 35.0 Å². The summed E-state index contributed by atoms with van der Waals surface area (Å²) < 4.78 is 27.1. The zero-order valence-electron chi connectivity index (χ0n) is 19.2. The number of amides is 1. The van der Waals surface area contributed by atoms with Crippen LogP contribution in [0.3, 0.4) is 0 Å². The van der Waals surface area contributed by atoms with E-state index in [-0.39, 0.29) is 11.8 Å². The van der Waals surface area contributed by atoms with Gasteiger partial charge >= 0.3 is 0 Å². The topological polar surface area (TPSA) is 96.2 Å². The smallest absolute Gasteiger partial charge is 0.254 e. The van der Waals surface area contributed by atoms with Crippen LogP contribution in [0.4, 0.5) is 0 Å². The Morgan fingerprint density at radius 3 is 2.45 bits per heavy atom. The van der Waals surface area contributed by atoms with Crippen LogP contribution in [0.25, 0.3) is 11.4 Å². The molecule has 33 heavy (non-hydrogen) atoms. The summed E-state index contributed by atoms with van der Waals surface area (Å²) in [6.45, 7) is 1.19. The molecular weight excluding hydrogens is 426 g/mol. The van der Waals surface area contributed by atoms with Gasteiger partial charge < -0.3 is 28.4 Å². The van der Waals surface area contributed by atoms with E-state index in [1.165, 1.54) is 0 Å². The van der Waals surface area contributed by atoms with Gasteiger partial charge in [-0.15, -0.1) is 0 Å². The molecule has 3 aromatic rings. The number of methoxy groups -OCH3 is 4. The van der Waals surface area contributed by atoms with Gasteiger partial charge in [-0.25, -0.2) is 0 Å². The molecule has 1 atom stereocenters. The molecule has 0 spiro atoms. The van der Waals surface area contributed by atoms with Gasteiger partial charge in [0.1, 0.15) is 5.75 Å². The van der Waals surface area contributed by atoms with Crippen LogP contribution < -0.4 is 18.9 Å². The SMILES string of the molecule is COc1cccc(C(=O)N2CCC[C@@H](c3nc(-c4cc(OC)c(OC)c(OC)c4)no3)C2)c1. The third kappa shape index (κ3) is 4.57. The Balaban J connectivity index is 1.54. The summed E-state index contributed by atoms with van der Waals surface area (Å²) in [5.41, 5.74) is 1.28. The molecule has 0 saturated carbocycles. The third-order valence-electron chi connectivity index (χ3n) is 5.74. The summed E-state index contributed by atoms with van der Waals surface area (Å²) >= 11 is 0. The van der Waals surface area contributed by atoms with Crippen molar-refractivity contribution in [2.75, 3.05) is 41.5 Å². The van der Waals surface area contributed by atoms with Gasteiger partial charge in [0.15, 0.2) is 11.5 Å². The number of piperidine rings is 1. The van der Waals surface area contributed by atoms with Crippen LogP contribution in [-0.2, 0) is 0 Å². The van der Waals surface area contributed by atoms with Crippen molar-refractivity contribution in [1.29, 1.82) is 0 Å². The van der Waals surface area contributed by atoms with Gasteiger partial charge in [-0.2, -0.15) is 4.98 Å². The van der Waals surface area contributed by atoms with Gasteiger partial charge in [0.2, 0.25) is 17.5 Å². The maximum atomic E-state index is 13.0. The molecular formula is C24H27N3O6. The van der Waals surface area contributed by atoms with E-state index < -0.39 is 0 Å². The second kappa shape index (κ2) is 9.81. The molecule has 2 heterocycles. The number of rotatable bonds is 7. The predicted octanol–water partition coefficient (Wildman–Crippen LogP) is 3.79. The van der Waals surface area contributed by atoms with Gasteiger partial charge in [0, 0.05) is 24.2 Å². The van der Waals surface area contributed by atoms with E-state index in [1.54, 1.807) is 52.7 Å². The lowest BCUT2D eigenvalue weighted by molar-refractivity contribution is 0.0695. The molecule has 0 radical (unpaired) electrons. The number of nitrogens with zero attached hydrogens (tertiary/aromatic N) is 3. The van der Waals surface area contributed by atoms with Crippen LogP contribution in [-0.4, -0.2) is 62.5 Å². The largest absolute Gasteiger partial charge is 0.497 e. The van der Waals surface area contributed by atoms with Crippen molar-refractivity contribution in [3.05, 3.63) is 47.9 Å². The number of carbonyl (C=O) groups is 1. The number of benzene rings is 2. The number of aromatic nitrogens is 2. The lowest BCUT2D eigenvalue weighted by atomic mass is 9.97. The van der Waals surface area contributed by atoms with Crippen LogP contribution in [0.2, 0.25) is 0 Å². The maximum absolute atomic E-state index is 13.0. The molecule has 9 heteroatoms. The second-order valence-electron chi connectivity index (χ2n) is 7.69. The van der Waals surface area contributed by atoms with Crippen LogP contribution >= 0.6 is 0 Å². The van der Waals surface area contributed by atoms with E-state index in [9.17, 15) is 4.79 Å². The predicted molar refractivity (Wildman–Crippen MR) is 120 cm³/mol. The number of hydrogen-bond donors (Lipinski definition) is 0. The lowest BCUT2D eigenvalue weighted by Crippen LogP contribution is -2.39. The van der Waals surface area contributed by atoms with Crippen LogP contribution in [0.5, 0.6) is 23.0 Å². The molecule has 4 rings (SSSR count). The molecule has 1 saturated heterocycles. The average molecular weight is 453 g/mol. The maximum Gasteiger partial charge on any atom is 0.254 e. The zero-order chi connectivity index (χ0) is 23.4. The normalized spacial score (nSPS) is 15.8. The van der Waals surface area contributed by atoms with Crippen molar-refractivity contribution in [3.8, 4) is 34.4 Å². The third-order valence-corrected chi connectivity index (χ3v) is 5.74. The Kier molecular flexibility index (Phi) is 6.67. The number of carbonyl (C=O) groups excluding carboxylic acids is 1. The first-order valence-electron chi connectivity index (χ1n) is 10.6. The number of likely N-dealkylation sites (tertiary alicyclic amines) is 1. The number of hydrogen-bond acceptors (Lipinski definition) is 8. The van der Waals surface area contributed by atoms with E-state index in [4.69, 9.17) is 23.5 Å². The monoisotopic (exact) mass is 453 g/mol. The molecule has 1 amide bonds. The average Bonchev–Trinajstić information content (AvgIpc) is 3.38. The summed E-state index contributed by atoms with van der Waals surface area (Å²) in [5, 5.41) is 4.16. The highest BCUT2D eigenvalue weighted by Crippen LogP contribution is 2.41. The second-order valence-corrected chi connectivity index (χ2v) is 7.69. The van der Waals surface area contributed by atoms with Gasteiger partial charge in [-0.1, -0.05) is 11.2 Å². The van der Waals surface area contributed by atoms with Gasteiger partial charge in [-0.05, 0) is 43.2 Å². The highest BCUT2D eigenvalue weighted by molar-refractivity contribution is 5.94. The Bertz CT molecular complexity index is 1100. The van der Waals surface area contributed by atoms with Gasteiger partial charge in [0.05, 0.1) is 34.4 Å². The number of ether oxygens (including phenoxy) is 4. The van der Waals surface area contributed by atoms with Crippen LogP contribution in [0.15, 0.2) is 40.9 Å². The van der Waals surface area contributed by atoms with Crippen molar-refractivity contribution >= 4 is 5.91 Å². The molecule has 1 aliphatic heterocycles. The molecule has 0 N–H and O–H groups in total. The summed E-state index contributed by atoms with van der Waals surface area (Å²) in [6.07, 6.45) is 1.71. The summed E-state index contributed by atoms with van der Waals surface area (Å²) in [5.74, 6) is 2.99. The van der Waals surface area contributed by atoms with E-state index >= 15 is 0 Å². The van der Waals surface area contributed by atoms with E-state index in [2.05, 4.69) is 10.1 Å². The minimum absolute atomic E-state index is 0.0389. The summed E-state index contributed by atoms with van der Waals surface area (Å²) in [7, 11) is 6.24. The van der Waals surface area contributed by atoms with Gasteiger partial charge in [-0.3, -0.25) is 4.79 Å². The highest BCUT2D eigenvalue weighted by atomic mass is 16.5. The molecule has 2 aromatic carbocycles. The fourth-order valence-corrected chi connectivity index (χ4v) is 4.03. The molecule has 174 valence electrons. The first kappa shape index (κ1) is 22.4. The Morgan fingerprint density at radius 2 is 1.79 bits per heavy atom. The van der Waals surface area contributed by atoms with Crippen molar-refractivity contribution < 1.29 is 28.3 Å². The van der Waals surface area contributed by atoms with Gasteiger partial charge in [0.25, 0.3) is 5.91 Å². The quantitative estimate of drug-likeness (QED) is 0.533. The zero-order valence-corrected chi connectivity index (χ0v) is 19.2. The molecule has 1 fully saturated rings. The minimum atomic E-state index is -0.0448. The fourth-order valence-electron chi connectivity index (χ4n) is 4.03. The first-order valence-corrected chi connectivity index (χ1v) is 10.6. The minimum Gasteiger partial charge on any atom is -0.497 e.